The van der Waals surface area contributed by atoms with Crippen LogP contribution in [0.4, 0.5) is 5.69 Å². The molecule has 20 heavy (non-hydrogen) atoms. The molecule has 0 saturated heterocycles. The van der Waals surface area contributed by atoms with E-state index in [1.807, 2.05) is 23.1 Å². The van der Waals surface area contributed by atoms with E-state index >= 15 is 0 Å². The minimum atomic E-state index is 0.0418. The normalized spacial score (nSPS) is 17.9. The summed E-state index contributed by atoms with van der Waals surface area (Å²) in [5.74, 6) is 0.0418. The van der Waals surface area contributed by atoms with Crippen LogP contribution in [0.1, 0.15) is 25.3 Å². The standard InChI is InChI=1S/C16H23NO3/c1-3-14-9-8-13-6-4-5-7-15(13)17(14)16(18)12-20-11-10-19-2/h4-7,14H,3,8-12H2,1-2H3. The smallest absolute Gasteiger partial charge is 0.253 e. The lowest BCUT2D eigenvalue weighted by molar-refractivity contribution is -0.124. The highest BCUT2D eigenvalue weighted by atomic mass is 16.5. The summed E-state index contributed by atoms with van der Waals surface area (Å²) >= 11 is 0. The summed E-state index contributed by atoms with van der Waals surface area (Å²) in [6.45, 7) is 3.22. The van der Waals surface area contributed by atoms with Gasteiger partial charge in [-0.3, -0.25) is 4.79 Å². The van der Waals surface area contributed by atoms with Gasteiger partial charge in [0.25, 0.3) is 5.91 Å². The predicted octanol–water partition coefficient (Wildman–Crippen LogP) is 2.41. The molecule has 1 amide bonds. The molecule has 0 fully saturated rings. The molecule has 4 heteroatoms. The van der Waals surface area contributed by atoms with Gasteiger partial charge in [0.1, 0.15) is 6.61 Å². The molecule has 0 radical (unpaired) electrons. The van der Waals surface area contributed by atoms with Gasteiger partial charge in [-0.15, -0.1) is 0 Å². The van der Waals surface area contributed by atoms with E-state index in [0.717, 1.165) is 24.9 Å². The molecule has 1 aromatic carbocycles. The largest absolute Gasteiger partial charge is 0.382 e. The number of benzene rings is 1. The van der Waals surface area contributed by atoms with Gasteiger partial charge in [0.2, 0.25) is 0 Å². The molecule has 0 aliphatic carbocycles. The van der Waals surface area contributed by atoms with Crippen LogP contribution < -0.4 is 4.90 Å². The van der Waals surface area contributed by atoms with Crippen molar-refractivity contribution in [2.75, 3.05) is 31.8 Å². The summed E-state index contributed by atoms with van der Waals surface area (Å²) in [6.07, 6.45) is 3.04. The van der Waals surface area contributed by atoms with Crippen LogP contribution in [-0.2, 0) is 20.7 Å². The summed E-state index contributed by atoms with van der Waals surface area (Å²) in [5.41, 5.74) is 2.30. The Kier molecular flexibility index (Phi) is 5.56. The molecule has 1 aliphatic heterocycles. The Hall–Kier alpha value is -1.39. The van der Waals surface area contributed by atoms with Crippen molar-refractivity contribution in [1.29, 1.82) is 0 Å². The van der Waals surface area contributed by atoms with Crippen molar-refractivity contribution in [3.8, 4) is 0 Å². The van der Waals surface area contributed by atoms with E-state index in [9.17, 15) is 4.79 Å². The first-order valence-corrected chi connectivity index (χ1v) is 7.24. The number of nitrogens with zero attached hydrogens (tertiary/aromatic N) is 1. The zero-order valence-corrected chi connectivity index (χ0v) is 12.3. The number of hydrogen-bond donors (Lipinski definition) is 0. The summed E-state index contributed by atoms with van der Waals surface area (Å²) < 4.78 is 10.3. The van der Waals surface area contributed by atoms with Crippen LogP contribution >= 0.6 is 0 Å². The minimum absolute atomic E-state index is 0.0418. The minimum Gasteiger partial charge on any atom is -0.382 e. The topological polar surface area (TPSA) is 38.8 Å². The van der Waals surface area contributed by atoms with Crippen molar-refractivity contribution in [3.63, 3.8) is 0 Å². The number of fused-ring (bicyclic) bond motifs is 1. The van der Waals surface area contributed by atoms with Crippen LogP contribution in [0, 0.1) is 0 Å². The number of carbonyl (C=O) groups is 1. The summed E-state index contributed by atoms with van der Waals surface area (Å²) in [4.78, 5) is 14.4. The van der Waals surface area contributed by atoms with Crippen LogP contribution in [-0.4, -0.2) is 38.9 Å². The van der Waals surface area contributed by atoms with Crippen molar-refractivity contribution in [2.24, 2.45) is 0 Å². The Morgan fingerprint density at radius 3 is 2.90 bits per heavy atom. The number of carbonyl (C=O) groups excluding carboxylic acids is 1. The zero-order valence-electron chi connectivity index (χ0n) is 12.3. The van der Waals surface area contributed by atoms with Crippen LogP contribution in [0.2, 0.25) is 0 Å². The van der Waals surface area contributed by atoms with Crippen LogP contribution in [0.3, 0.4) is 0 Å². The van der Waals surface area contributed by atoms with Gasteiger partial charge in [0.05, 0.1) is 13.2 Å². The fourth-order valence-electron chi connectivity index (χ4n) is 2.70. The molecular formula is C16H23NO3. The number of hydrogen-bond acceptors (Lipinski definition) is 3. The van der Waals surface area contributed by atoms with Crippen LogP contribution in [0.5, 0.6) is 0 Å². The maximum absolute atomic E-state index is 12.5. The van der Waals surface area contributed by atoms with E-state index in [4.69, 9.17) is 9.47 Å². The fraction of sp³-hybridized carbons (Fsp3) is 0.562. The fourth-order valence-corrected chi connectivity index (χ4v) is 2.70. The van der Waals surface area contributed by atoms with Crippen LogP contribution in [0.25, 0.3) is 0 Å². The third-order valence-electron chi connectivity index (χ3n) is 3.76. The lowest BCUT2D eigenvalue weighted by Gasteiger charge is -2.36. The number of ether oxygens (including phenoxy) is 2. The highest BCUT2D eigenvalue weighted by molar-refractivity contribution is 5.96. The third-order valence-corrected chi connectivity index (χ3v) is 3.76. The number of aryl methyl sites for hydroxylation is 1. The summed E-state index contributed by atoms with van der Waals surface area (Å²) in [6, 6.07) is 8.44. The molecule has 2 rings (SSSR count). The molecule has 0 aromatic heterocycles. The average molecular weight is 277 g/mol. The average Bonchev–Trinajstić information content (AvgIpc) is 2.50. The number of anilines is 1. The molecule has 0 N–H and O–H groups in total. The maximum atomic E-state index is 12.5. The molecule has 1 atom stereocenters. The van der Waals surface area contributed by atoms with Crippen molar-refractivity contribution >= 4 is 11.6 Å². The molecule has 1 aliphatic rings. The number of methoxy groups -OCH3 is 1. The maximum Gasteiger partial charge on any atom is 0.253 e. The van der Waals surface area contributed by atoms with E-state index < -0.39 is 0 Å². The van der Waals surface area contributed by atoms with Crippen molar-refractivity contribution in [2.45, 2.75) is 32.2 Å². The first-order chi connectivity index (χ1) is 9.77. The summed E-state index contributed by atoms with van der Waals surface area (Å²) in [7, 11) is 1.62. The quantitative estimate of drug-likeness (QED) is 0.750. The Morgan fingerprint density at radius 1 is 1.35 bits per heavy atom. The van der Waals surface area contributed by atoms with Gasteiger partial charge in [0.15, 0.2) is 0 Å². The highest BCUT2D eigenvalue weighted by Crippen LogP contribution is 2.31. The van der Waals surface area contributed by atoms with Gasteiger partial charge >= 0.3 is 0 Å². The molecule has 4 nitrogen and oxygen atoms in total. The SMILES string of the molecule is CCC1CCc2ccccc2N1C(=O)COCCOC. The van der Waals surface area contributed by atoms with Gasteiger partial charge in [-0.1, -0.05) is 25.1 Å². The van der Waals surface area contributed by atoms with Crippen molar-refractivity contribution < 1.29 is 14.3 Å². The van der Waals surface area contributed by atoms with E-state index in [-0.39, 0.29) is 18.6 Å². The van der Waals surface area contributed by atoms with Crippen molar-refractivity contribution in [1.82, 2.24) is 0 Å². The van der Waals surface area contributed by atoms with E-state index in [0.29, 0.717) is 13.2 Å². The first-order valence-electron chi connectivity index (χ1n) is 7.24. The lowest BCUT2D eigenvalue weighted by atomic mass is 9.94. The number of amides is 1. The summed E-state index contributed by atoms with van der Waals surface area (Å²) in [5, 5.41) is 0. The Morgan fingerprint density at radius 2 is 2.15 bits per heavy atom. The van der Waals surface area contributed by atoms with Gasteiger partial charge < -0.3 is 14.4 Å². The Labute approximate surface area is 120 Å². The van der Waals surface area contributed by atoms with E-state index in [2.05, 4.69) is 13.0 Å². The Balaban J connectivity index is 2.08. The molecule has 1 aromatic rings. The zero-order chi connectivity index (χ0) is 14.4. The highest BCUT2D eigenvalue weighted by Gasteiger charge is 2.29. The molecule has 1 unspecified atom stereocenters. The van der Waals surface area contributed by atoms with Crippen LogP contribution in [0.15, 0.2) is 24.3 Å². The number of para-hydroxylation sites is 1. The monoisotopic (exact) mass is 277 g/mol. The molecule has 110 valence electrons. The Bertz CT molecular complexity index is 447. The van der Waals surface area contributed by atoms with E-state index in [1.54, 1.807) is 7.11 Å². The first kappa shape index (κ1) is 15.0. The second-order valence-electron chi connectivity index (χ2n) is 5.04. The molecule has 0 bridgehead atoms. The second kappa shape index (κ2) is 7.41. The van der Waals surface area contributed by atoms with Crippen molar-refractivity contribution in [3.05, 3.63) is 29.8 Å². The van der Waals surface area contributed by atoms with Gasteiger partial charge in [-0.05, 0) is 30.9 Å². The van der Waals surface area contributed by atoms with Gasteiger partial charge in [0, 0.05) is 18.8 Å². The predicted molar refractivity (Wildman–Crippen MR) is 79.0 cm³/mol. The number of rotatable bonds is 6. The molecule has 1 heterocycles. The second-order valence-corrected chi connectivity index (χ2v) is 5.04. The van der Waals surface area contributed by atoms with Gasteiger partial charge in [-0.2, -0.15) is 0 Å². The molecule has 0 saturated carbocycles. The lowest BCUT2D eigenvalue weighted by Crippen LogP contribution is -2.45. The molecular weight excluding hydrogens is 254 g/mol. The van der Waals surface area contributed by atoms with E-state index in [1.165, 1.54) is 5.56 Å². The molecule has 0 spiro atoms. The van der Waals surface area contributed by atoms with Gasteiger partial charge in [-0.25, -0.2) is 0 Å². The third kappa shape index (κ3) is 3.38.